The SMILES string of the molecule is CCNc1cc(CC(C)C)nc(-c2ccc(C)c(Cl)c2)n1. The fourth-order valence-corrected chi connectivity index (χ4v) is 2.33. The molecule has 0 aliphatic rings. The molecule has 0 bridgehead atoms. The Bertz CT molecular complexity index is 623. The summed E-state index contributed by atoms with van der Waals surface area (Å²) >= 11 is 6.22. The molecule has 1 aromatic carbocycles. The molecule has 0 aliphatic carbocycles. The third-order valence-corrected chi connectivity index (χ3v) is 3.59. The molecule has 0 spiro atoms. The Kier molecular flexibility index (Phi) is 5.18. The monoisotopic (exact) mass is 303 g/mol. The molecule has 1 N–H and O–H groups in total. The molecule has 21 heavy (non-hydrogen) atoms. The van der Waals surface area contributed by atoms with Crippen molar-refractivity contribution in [2.45, 2.75) is 34.1 Å². The lowest BCUT2D eigenvalue weighted by molar-refractivity contribution is 0.635. The number of aromatic nitrogens is 2. The molecule has 0 saturated carbocycles. The quantitative estimate of drug-likeness (QED) is 0.867. The van der Waals surface area contributed by atoms with Crippen molar-refractivity contribution in [3.8, 4) is 11.4 Å². The highest BCUT2D eigenvalue weighted by molar-refractivity contribution is 6.31. The van der Waals surface area contributed by atoms with Gasteiger partial charge < -0.3 is 5.32 Å². The Hall–Kier alpha value is -1.61. The lowest BCUT2D eigenvalue weighted by atomic mass is 10.1. The Labute approximate surface area is 131 Å². The van der Waals surface area contributed by atoms with Gasteiger partial charge in [0.1, 0.15) is 5.82 Å². The molecule has 2 aromatic rings. The molecule has 0 aliphatic heterocycles. The van der Waals surface area contributed by atoms with Gasteiger partial charge >= 0.3 is 0 Å². The number of nitrogens with zero attached hydrogens (tertiary/aromatic N) is 2. The van der Waals surface area contributed by atoms with Crippen molar-refractivity contribution in [3.63, 3.8) is 0 Å². The van der Waals surface area contributed by atoms with E-state index >= 15 is 0 Å². The zero-order valence-corrected chi connectivity index (χ0v) is 13.8. The number of nitrogens with one attached hydrogen (secondary N) is 1. The second kappa shape index (κ2) is 6.90. The summed E-state index contributed by atoms with van der Waals surface area (Å²) in [5.41, 5.74) is 3.07. The van der Waals surface area contributed by atoms with Gasteiger partial charge in [0.05, 0.1) is 0 Å². The van der Waals surface area contributed by atoms with Crippen LogP contribution in [-0.4, -0.2) is 16.5 Å². The molecule has 0 fully saturated rings. The van der Waals surface area contributed by atoms with Gasteiger partial charge in [-0.1, -0.05) is 37.6 Å². The van der Waals surface area contributed by atoms with E-state index in [1.807, 2.05) is 31.2 Å². The minimum absolute atomic E-state index is 0.559. The molecule has 0 unspecified atom stereocenters. The second-order valence-corrected chi connectivity index (χ2v) is 6.07. The van der Waals surface area contributed by atoms with E-state index in [0.29, 0.717) is 5.92 Å². The second-order valence-electron chi connectivity index (χ2n) is 5.66. The van der Waals surface area contributed by atoms with Crippen molar-refractivity contribution in [1.29, 1.82) is 0 Å². The topological polar surface area (TPSA) is 37.8 Å². The lowest BCUT2D eigenvalue weighted by Gasteiger charge is -2.11. The molecular formula is C17H22ClN3. The molecule has 0 atom stereocenters. The van der Waals surface area contributed by atoms with Gasteiger partial charge in [0.15, 0.2) is 5.82 Å². The average Bonchev–Trinajstić information content (AvgIpc) is 2.41. The van der Waals surface area contributed by atoms with Crippen LogP contribution in [0.1, 0.15) is 32.0 Å². The first-order chi connectivity index (χ1) is 9.99. The molecule has 1 heterocycles. The van der Waals surface area contributed by atoms with Crippen LogP contribution >= 0.6 is 11.6 Å². The summed E-state index contributed by atoms with van der Waals surface area (Å²) in [5.74, 6) is 2.16. The highest BCUT2D eigenvalue weighted by Gasteiger charge is 2.09. The standard InChI is InChI=1S/C17H22ClN3/c1-5-19-16-10-14(8-11(2)3)20-17(21-16)13-7-6-12(4)15(18)9-13/h6-7,9-11H,5,8H2,1-4H3,(H,19,20,21). The van der Waals surface area contributed by atoms with E-state index in [1.54, 1.807) is 0 Å². The number of benzene rings is 1. The lowest BCUT2D eigenvalue weighted by Crippen LogP contribution is -2.06. The summed E-state index contributed by atoms with van der Waals surface area (Å²) in [4.78, 5) is 9.28. The first kappa shape index (κ1) is 15.8. The first-order valence-corrected chi connectivity index (χ1v) is 7.75. The minimum Gasteiger partial charge on any atom is -0.370 e. The predicted molar refractivity (Wildman–Crippen MR) is 89.9 cm³/mol. The summed E-state index contributed by atoms with van der Waals surface area (Å²) in [6.45, 7) is 9.28. The van der Waals surface area contributed by atoms with Crippen molar-refractivity contribution in [2.75, 3.05) is 11.9 Å². The normalized spacial score (nSPS) is 11.0. The van der Waals surface area contributed by atoms with Crippen LogP contribution in [0.2, 0.25) is 5.02 Å². The number of aryl methyl sites for hydroxylation is 1. The fraction of sp³-hybridized carbons (Fsp3) is 0.412. The van der Waals surface area contributed by atoms with E-state index in [-0.39, 0.29) is 0 Å². The van der Waals surface area contributed by atoms with Crippen molar-refractivity contribution in [2.24, 2.45) is 5.92 Å². The van der Waals surface area contributed by atoms with E-state index in [2.05, 4.69) is 36.1 Å². The predicted octanol–water partition coefficient (Wildman–Crippen LogP) is 4.74. The Morgan fingerprint density at radius 2 is 1.95 bits per heavy atom. The van der Waals surface area contributed by atoms with Crippen molar-refractivity contribution in [1.82, 2.24) is 9.97 Å². The van der Waals surface area contributed by atoms with Gasteiger partial charge in [-0.3, -0.25) is 0 Å². The van der Waals surface area contributed by atoms with Crippen LogP contribution in [0.4, 0.5) is 5.82 Å². The zero-order chi connectivity index (χ0) is 15.4. The number of rotatable bonds is 5. The molecule has 112 valence electrons. The van der Waals surface area contributed by atoms with E-state index in [1.165, 1.54) is 0 Å². The van der Waals surface area contributed by atoms with Crippen molar-refractivity contribution < 1.29 is 0 Å². The average molecular weight is 304 g/mol. The molecular weight excluding hydrogens is 282 g/mol. The number of anilines is 1. The van der Waals surface area contributed by atoms with E-state index < -0.39 is 0 Å². The van der Waals surface area contributed by atoms with Crippen LogP contribution < -0.4 is 5.32 Å². The smallest absolute Gasteiger partial charge is 0.161 e. The van der Waals surface area contributed by atoms with Crippen LogP contribution in [0.15, 0.2) is 24.3 Å². The molecule has 3 nitrogen and oxygen atoms in total. The van der Waals surface area contributed by atoms with Gasteiger partial charge in [0.2, 0.25) is 0 Å². The van der Waals surface area contributed by atoms with Crippen molar-refractivity contribution in [3.05, 3.63) is 40.5 Å². The minimum atomic E-state index is 0.559. The summed E-state index contributed by atoms with van der Waals surface area (Å²) < 4.78 is 0. The number of halogens is 1. The third kappa shape index (κ3) is 4.18. The third-order valence-electron chi connectivity index (χ3n) is 3.18. The van der Waals surface area contributed by atoms with Crippen molar-refractivity contribution >= 4 is 17.4 Å². The highest BCUT2D eigenvalue weighted by atomic mass is 35.5. The first-order valence-electron chi connectivity index (χ1n) is 7.38. The van der Waals surface area contributed by atoms with Gasteiger partial charge in [0.25, 0.3) is 0 Å². The molecule has 0 amide bonds. The van der Waals surface area contributed by atoms with Gasteiger partial charge in [-0.2, -0.15) is 0 Å². The molecule has 4 heteroatoms. The van der Waals surface area contributed by atoms with Crippen LogP contribution in [0.3, 0.4) is 0 Å². The Morgan fingerprint density at radius 1 is 1.19 bits per heavy atom. The van der Waals surface area contributed by atoms with Gasteiger partial charge in [-0.15, -0.1) is 0 Å². The van der Waals surface area contributed by atoms with Crippen LogP contribution in [0.25, 0.3) is 11.4 Å². The maximum atomic E-state index is 6.22. The summed E-state index contributed by atoms with van der Waals surface area (Å²) in [6, 6.07) is 7.98. The van der Waals surface area contributed by atoms with Crippen LogP contribution in [0.5, 0.6) is 0 Å². The molecule has 0 saturated heterocycles. The molecule has 1 aromatic heterocycles. The highest BCUT2D eigenvalue weighted by Crippen LogP contribution is 2.24. The summed E-state index contributed by atoms with van der Waals surface area (Å²) in [6.07, 6.45) is 0.938. The Balaban J connectivity index is 2.45. The van der Waals surface area contributed by atoms with Gasteiger partial charge in [-0.05, 0) is 37.8 Å². The number of hydrogen-bond donors (Lipinski definition) is 1. The maximum Gasteiger partial charge on any atom is 0.161 e. The maximum absolute atomic E-state index is 6.22. The van der Waals surface area contributed by atoms with E-state index in [9.17, 15) is 0 Å². The number of hydrogen-bond acceptors (Lipinski definition) is 3. The van der Waals surface area contributed by atoms with Crippen LogP contribution in [-0.2, 0) is 6.42 Å². The molecule has 0 radical (unpaired) electrons. The van der Waals surface area contributed by atoms with Crippen LogP contribution in [0, 0.1) is 12.8 Å². The molecule has 2 rings (SSSR count). The largest absolute Gasteiger partial charge is 0.370 e. The fourth-order valence-electron chi connectivity index (χ4n) is 2.15. The Morgan fingerprint density at radius 3 is 2.57 bits per heavy atom. The summed E-state index contributed by atoms with van der Waals surface area (Å²) in [5, 5.41) is 4.02. The van der Waals surface area contributed by atoms with Gasteiger partial charge in [-0.25, -0.2) is 9.97 Å². The zero-order valence-electron chi connectivity index (χ0n) is 13.1. The van der Waals surface area contributed by atoms with Gasteiger partial charge in [0, 0.05) is 28.9 Å². The summed E-state index contributed by atoms with van der Waals surface area (Å²) in [7, 11) is 0. The van der Waals surface area contributed by atoms with E-state index in [0.717, 1.165) is 46.5 Å². The van der Waals surface area contributed by atoms with E-state index in [4.69, 9.17) is 11.6 Å².